The van der Waals surface area contributed by atoms with Crippen molar-refractivity contribution in [1.82, 2.24) is 14.6 Å². The Balaban J connectivity index is 1.79. The lowest BCUT2D eigenvalue weighted by Crippen LogP contribution is -2.18. The largest absolute Gasteiger partial charge is 0.508 e. The number of hydrogen-bond acceptors (Lipinski definition) is 6. The molecule has 0 radical (unpaired) electrons. The van der Waals surface area contributed by atoms with Gasteiger partial charge in [0.25, 0.3) is 5.56 Å². The van der Waals surface area contributed by atoms with Crippen LogP contribution in [0.25, 0.3) is 16.2 Å². The smallest absolute Gasteiger partial charge is 0.296 e. The molecule has 4 rings (SSSR count). The summed E-state index contributed by atoms with van der Waals surface area (Å²) in [7, 11) is 0. The number of thiazole rings is 1. The number of nitrogens with zero attached hydrogens (tertiary/aromatic N) is 3. The van der Waals surface area contributed by atoms with Gasteiger partial charge >= 0.3 is 0 Å². The normalized spacial score (nSPS) is 11.0. The van der Waals surface area contributed by atoms with Gasteiger partial charge in [0, 0.05) is 17.4 Å². The average molecular weight is 351 g/mol. The maximum absolute atomic E-state index is 12.2. The second-order valence-corrected chi connectivity index (χ2v) is 6.41. The van der Waals surface area contributed by atoms with Crippen LogP contribution in [0.5, 0.6) is 11.5 Å². The van der Waals surface area contributed by atoms with E-state index in [0.29, 0.717) is 17.1 Å². The SMILES string of the molecule is O=c1nc2scc(-c3ccc(O)cc3)n2nc1Cc1ccc(O)cc1. The zero-order valence-corrected chi connectivity index (χ0v) is 13.8. The van der Waals surface area contributed by atoms with Crippen LogP contribution in [0.1, 0.15) is 11.3 Å². The summed E-state index contributed by atoms with van der Waals surface area (Å²) >= 11 is 1.34. The predicted octanol–water partition coefficient (Wildman–Crippen LogP) is 2.82. The summed E-state index contributed by atoms with van der Waals surface area (Å²) in [5.74, 6) is 0.365. The number of rotatable bonds is 3. The Hall–Kier alpha value is -3.19. The quantitative estimate of drug-likeness (QED) is 0.593. The van der Waals surface area contributed by atoms with Crippen molar-refractivity contribution in [1.29, 1.82) is 0 Å². The lowest BCUT2D eigenvalue weighted by molar-refractivity contribution is 0.474. The number of fused-ring (bicyclic) bond motifs is 1. The molecule has 2 N–H and O–H groups in total. The number of benzene rings is 2. The van der Waals surface area contributed by atoms with E-state index in [0.717, 1.165) is 16.8 Å². The minimum Gasteiger partial charge on any atom is -0.508 e. The fraction of sp³-hybridized carbons (Fsp3) is 0.0556. The Morgan fingerprint density at radius 3 is 2.28 bits per heavy atom. The zero-order chi connectivity index (χ0) is 17.4. The minimum atomic E-state index is -0.354. The van der Waals surface area contributed by atoms with Crippen LogP contribution < -0.4 is 5.56 Å². The molecule has 0 unspecified atom stereocenters. The Morgan fingerprint density at radius 1 is 0.960 bits per heavy atom. The molecule has 0 aliphatic rings. The van der Waals surface area contributed by atoms with E-state index < -0.39 is 0 Å². The van der Waals surface area contributed by atoms with Crippen LogP contribution >= 0.6 is 11.3 Å². The Bertz CT molecular complexity index is 1100. The van der Waals surface area contributed by atoms with Crippen LogP contribution in [0.4, 0.5) is 0 Å². The Morgan fingerprint density at radius 2 is 1.60 bits per heavy atom. The fourth-order valence-electron chi connectivity index (χ4n) is 2.54. The van der Waals surface area contributed by atoms with Gasteiger partial charge in [-0.25, -0.2) is 4.52 Å². The highest BCUT2D eigenvalue weighted by molar-refractivity contribution is 7.15. The van der Waals surface area contributed by atoms with Crippen molar-refractivity contribution in [2.24, 2.45) is 0 Å². The molecule has 0 saturated carbocycles. The zero-order valence-electron chi connectivity index (χ0n) is 13.0. The van der Waals surface area contributed by atoms with Gasteiger partial charge in [0.15, 0.2) is 0 Å². The number of aromatic hydroxyl groups is 2. The average Bonchev–Trinajstić information content (AvgIpc) is 3.00. The molecule has 124 valence electrons. The Labute approximate surface area is 146 Å². The highest BCUT2D eigenvalue weighted by Crippen LogP contribution is 2.25. The molecule has 0 aliphatic heterocycles. The van der Waals surface area contributed by atoms with Gasteiger partial charge in [-0.15, -0.1) is 11.3 Å². The third kappa shape index (κ3) is 2.97. The van der Waals surface area contributed by atoms with Gasteiger partial charge in [0.1, 0.15) is 17.2 Å². The first-order valence-electron chi connectivity index (χ1n) is 7.55. The molecule has 0 saturated heterocycles. The molecule has 0 amide bonds. The lowest BCUT2D eigenvalue weighted by Gasteiger charge is -2.04. The first-order valence-corrected chi connectivity index (χ1v) is 8.43. The van der Waals surface area contributed by atoms with Crippen molar-refractivity contribution in [3.8, 4) is 22.8 Å². The van der Waals surface area contributed by atoms with E-state index in [4.69, 9.17) is 0 Å². The van der Waals surface area contributed by atoms with Gasteiger partial charge in [-0.05, 0) is 42.0 Å². The minimum absolute atomic E-state index is 0.175. The molecule has 2 aromatic heterocycles. The fourth-order valence-corrected chi connectivity index (χ4v) is 3.36. The summed E-state index contributed by atoms with van der Waals surface area (Å²) in [5, 5.41) is 25.2. The molecule has 0 bridgehead atoms. The predicted molar refractivity (Wildman–Crippen MR) is 95.1 cm³/mol. The van der Waals surface area contributed by atoms with Crippen molar-refractivity contribution < 1.29 is 10.2 Å². The van der Waals surface area contributed by atoms with E-state index in [1.807, 2.05) is 5.38 Å². The summed E-state index contributed by atoms with van der Waals surface area (Å²) in [4.78, 5) is 16.9. The molecule has 7 heteroatoms. The van der Waals surface area contributed by atoms with E-state index in [1.165, 1.54) is 11.3 Å². The monoisotopic (exact) mass is 351 g/mol. The van der Waals surface area contributed by atoms with Gasteiger partial charge in [-0.3, -0.25) is 4.79 Å². The van der Waals surface area contributed by atoms with Crippen LogP contribution in [-0.4, -0.2) is 24.8 Å². The summed E-state index contributed by atoms with van der Waals surface area (Å²) < 4.78 is 1.65. The number of hydrogen-bond donors (Lipinski definition) is 2. The van der Waals surface area contributed by atoms with Crippen LogP contribution in [-0.2, 0) is 6.42 Å². The summed E-state index contributed by atoms with van der Waals surface area (Å²) in [5.41, 5.74) is 2.52. The lowest BCUT2D eigenvalue weighted by atomic mass is 10.1. The van der Waals surface area contributed by atoms with Crippen molar-refractivity contribution in [2.75, 3.05) is 0 Å². The van der Waals surface area contributed by atoms with Crippen LogP contribution in [0.3, 0.4) is 0 Å². The van der Waals surface area contributed by atoms with Crippen LogP contribution in [0.15, 0.2) is 58.7 Å². The van der Waals surface area contributed by atoms with Crippen molar-refractivity contribution in [3.63, 3.8) is 0 Å². The third-order valence-electron chi connectivity index (χ3n) is 3.82. The van der Waals surface area contributed by atoms with Gasteiger partial charge in [-0.1, -0.05) is 12.1 Å². The van der Waals surface area contributed by atoms with E-state index in [2.05, 4.69) is 10.1 Å². The molecule has 0 fully saturated rings. The second kappa shape index (κ2) is 6.03. The van der Waals surface area contributed by atoms with Crippen molar-refractivity contribution in [3.05, 3.63) is 75.5 Å². The van der Waals surface area contributed by atoms with Crippen LogP contribution in [0.2, 0.25) is 0 Å². The topological polar surface area (TPSA) is 87.7 Å². The summed E-state index contributed by atoms with van der Waals surface area (Å²) in [6.45, 7) is 0. The molecule has 6 nitrogen and oxygen atoms in total. The van der Waals surface area contributed by atoms with Crippen molar-refractivity contribution in [2.45, 2.75) is 6.42 Å². The van der Waals surface area contributed by atoms with Gasteiger partial charge in [0.05, 0.1) is 5.69 Å². The number of phenols is 2. The molecule has 25 heavy (non-hydrogen) atoms. The highest BCUT2D eigenvalue weighted by atomic mass is 32.1. The molecule has 0 spiro atoms. The van der Waals surface area contributed by atoms with Gasteiger partial charge in [0.2, 0.25) is 4.96 Å². The Kier molecular flexibility index (Phi) is 3.70. The standard InChI is InChI=1S/C18H13N3O3S/c22-13-5-1-11(2-6-13)9-15-17(24)19-18-21(20-15)16(10-25-18)12-3-7-14(23)8-4-12/h1-8,10,22-23H,9H2. The highest BCUT2D eigenvalue weighted by Gasteiger charge is 2.12. The molecule has 2 aromatic carbocycles. The summed E-state index contributed by atoms with van der Waals surface area (Å²) in [6, 6.07) is 13.4. The molecular formula is C18H13N3O3S. The maximum atomic E-state index is 12.2. The first kappa shape index (κ1) is 15.3. The molecule has 0 atom stereocenters. The van der Waals surface area contributed by atoms with E-state index in [-0.39, 0.29) is 17.1 Å². The summed E-state index contributed by atoms with van der Waals surface area (Å²) in [6.07, 6.45) is 0.333. The second-order valence-electron chi connectivity index (χ2n) is 5.57. The van der Waals surface area contributed by atoms with Crippen LogP contribution in [0, 0.1) is 0 Å². The third-order valence-corrected chi connectivity index (χ3v) is 4.64. The van der Waals surface area contributed by atoms with Gasteiger partial charge in [-0.2, -0.15) is 10.1 Å². The number of aromatic nitrogens is 3. The first-order chi connectivity index (χ1) is 12.1. The molecular weight excluding hydrogens is 338 g/mol. The van der Waals surface area contributed by atoms with E-state index in [9.17, 15) is 15.0 Å². The van der Waals surface area contributed by atoms with E-state index >= 15 is 0 Å². The van der Waals surface area contributed by atoms with E-state index in [1.54, 1.807) is 53.0 Å². The molecule has 2 heterocycles. The van der Waals surface area contributed by atoms with Gasteiger partial charge < -0.3 is 10.2 Å². The van der Waals surface area contributed by atoms with Crippen molar-refractivity contribution >= 4 is 16.3 Å². The molecule has 0 aliphatic carbocycles. The number of phenolic OH excluding ortho intramolecular Hbond substituents is 2. The maximum Gasteiger partial charge on any atom is 0.296 e. The molecule has 4 aromatic rings.